The second kappa shape index (κ2) is 5.95. The van der Waals surface area contributed by atoms with Crippen LogP contribution < -0.4 is 11.1 Å². The second-order valence-electron chi connectivity index (χ2n) is 7.07. The standard InChI is InChI=1S/C16H27N3O2/c17-11-16(7-3-4-8-16)18-15(21)12-9-14(20)19(10-12)13-5-1-2-6-13/h12-13H,1-11,17H2,(H,18,21). The van der Waals surface area contributed by atoms with Crippen molar-refractivity contribution >= 4 is 11.8 Å². The molecule has 21 heavy (non-hydrogen) atoms. The SMILES string of the molecule is NCC1(NC(=O)C2CC(=O)N(C3CCCC3)C2)CCCC1. The molecule has 3 rings (SSSR count). The summed E-state index contributed by atoms with van der Waals surface area (Å²) < 4.78 is 0. The van der Waals surface area contributed by atoms with E-state index in [-0.39, 0.29) is 23.3 Å². The van der Waals surface area contributed by atoms with Crippen LogP contribution in [0.3, 0.4) is 0 Å². The summed E-state index contributed by atoms with van der Waals surface area (Å²) in [6.07, 6.45) is 9.22. The smallest absolute Gasteiger partial charge is 0.225 e. The van der Waals surface area contributed by atoms with Gasteiger partial charge < -0.3 is 16.0 Å². The molecule has 5 nitrogen and oxygen atoms in total. The lowest BCUT2D eigenvalue weighted by molar-refractivity contribution is -0.130. The van der Waals surface area contributed by atoms with Gasteiger partial charge in [-0.1, -0.05) is 25.7 Å². The van der Waals surface area contributed by atoms with Crippen LogP contribution in [0.5, 0.6) is 0 Å². The Morgan fingerprint density at radius 2 is 1.90 bits per heavy atom. The number of carbonyl (C=O) groups excluding carboxylic acids is 2. The summed E-state index contributed by atoms with van der Waals surface area (Å²) in [5.74, 6) is 0.0218. The van der Waals surface area contributed by atoms with E-state index < -0.39 is 0 Å². The number of hydrogen-bond acceptors (Lipinski definition) is 3. The van der Waals surface area contributed by atoms with E-state index in [2.05, 4.69) is 5.32 Å². The van der Waals surface area contributed by atoms with Crippen LogP contribution in [0, 0.1) is 5.92 Å². The van der Waals surface area contributed by atoms with Crippen molar-refractivity contribution in [1.82, 2.24) is 10.2 Å². The van der Waals surface area contributed by atoms with Crippen LogP contribution in [0.15, 0.2) is 0 Å². The molecule has 1 aliphatic heterocycles. The fourth-order valence-electron chi connectivity index (χ4n) is 4.27. The molecule has 3 N–H and O–H groups in total. The van der Waals surface area contributed by atoms with Crippen molar-refractivity contribution in [3.8, 4) is 0 Å². The Morgan fingerprint density at radius 1 is 1.24 bits per heavy atom. The molecule has 118 valence electrons. The molecule has 0 bridgehead atoms. The molecule has 3 aliphatic rings. The molecule has 1 atom stereocenters. The highest BCUT2D eigenvalue weighted by molar-refractivity contribution is 5.89. The number of nitrogens with zero attached hydrogens (tertiary/aromatic N) is 1. The maximum Gasteiger partial charge on any atom is 0.225 e. The van der Waals surface area contributed by atoms with E-state index in [1.165, 1.54) is 12.8 Å². The molecule has 2 amide bonds. The first-order chi connectivity index (χ1) is 10.1. The molecule has 0 radical (unpaired) electrons. The van der Waals surface area contributed by atoms with E-state index in [9.17, 15) is 9.59 Å². The Hall–Kier alpha value is -1.10. The minimum Gasteiger partial charge on any atom is -0.349 e. The molecule has 2 saturated carbocycles. The first-order valence-corrected chi connectivity index (χ1v) is 8.45. The molecule has 5 heteroatoms. The van der Waals surface area contributed by atoms with Crippen LogP contribution in [-0.4, -0.2) is 41.4 Å². The van der Waals surface area contributed by atoms with Gasteiger partial charge in [-0.2, -0.15) is 0 Å². The van der Waals surface area contributed by atoms with Gasteiger partial charge in [-0.25, -0.2) is 0 Å². The average molecular weight is 293 g/mol. The van der Waals surface area contributed by atoms with Crippen LogP contribution in [0.4, 0.5) is 0 Å². The highest BCUT2D eigenvalue weighted by Gasteiger charge is 2.41. The third-order valence-corrected chi connectivity index (χ3v) is 5.63. The summed E-state index contributed by atoms with van der Waals surface area (Å²) in [4.78, 5) is 26.7. The van der Waals surface area contributed by atoms with Crippen molar-refractivity contribution in [2.75, 3.05) is 13.1 Å². The number of rotatable bonds is 4. The monoisotopic (exact) mass is 293 g/mol. The first-order valence-electron chi connectivity index (χ1n) is 8.45. The average Bonchev–Trinajstić information content (AvgIpc) is 3.18. The lowest BCUT2D eigenvalue weighted by atomic mass is 9.96. The van der Waals surface area contributed by atoms with Crippen LogP contribution in [-0.2, 0) is 9.59 Å². The number of nitrogens with two attached hydrogens (primary N) is 1. The minimum absolute atomic E-state index is 0.0381. The van der Waals surface area contributed by atoms with Gasteiger partial charge >= 0.3 is 0 Å². The molecule has 3 fully saturated rings. The summed E-state index contributed by atoms with van der Waals surface area (Å²) in [7, 11) is 0. The van der Waals surface area contributed by atoms with E-state index in [1.807, 2.05) is 4.90 Å². The van der Waals surface area contributed by atoms with Crippen molar-refractivity contribution < 1.29 is 9.59 Å². The number of nitrogens with one attached hydrogen (secondary N) is 1. The Balaban J connectivity index is 1.59. The highest BCUT2D eigenvalue weighted by Crippen LogP contribution is 2.32. The Morgan fingerprint density at radius 3 is 2.52 bits per heavy atom. The lowest BCUT2D eigenvalue weighted by Crippen LogP contribution is -2.53. The van der Waals surface area contributed by atoms with Crippen LogP contribution in [0.1, 0.15) is 57.8 Å². The largest absolute Gasteiger partial charge is 0.349 e. The van der Waals surface area contributed by atoms with Crippen molar-refractivity contribution in [3.05, 3.63) is 0 Å². The number of hydrogen-bond donors (Lipinski definition) is 2. The zero-order chi connectivity index (χ0) is 14.9. The number of amides is 2. The lowest BCUT2D eigenvalue weighted by Gasteiger charge is -2.30. The predicted octanol–water partition coefficient (Wildman–Crippen LogP) is 1.17. The summed E-state index contributed by atoms with van der Waals surface area (Å²) in [5, 5.41) is 3.17. The topological polar surface area (TPSA) is 75.4 Å². The molecular weight excluding hydrogens is 266 g/mol. The van der Waals surface area contributed by atoms with E-state index in [4.69, 9.17) is 5.73 Å². The van der Waals surface area contributed by atoms with E-state index in [0.29, 0.717) is 25.6 Å². The normalized spacial score (nSPS) is 29.3. The van der Waals surface area contributed by atoms with E-state index >= 15 is 0 Å². The van der Waals surface area contributed by atoms with Gasteiger partial charge in [0.2, 0.25) is 11.8 Å². The fraction of sp³-hybridized carbons (Fsp3) is 0.875. The zero-order valence-electron chi connectivity index (χ0n) is 12.8. The van der Waals surface area contributed by atoms with E-state index in [0.717, 1.165) is 38.5 Å². The summed E-state index contributed by atoms with van der Waals surface area (Å²) in [5.41, 5.74) is 5.67. The van der Waals surface area contributed by atoms with Crippen LogP contribution in [0.25, 0.3) is 0 Å². The van der Waals surface area contributed by atoms with Crippen LogP contribution in [0.2, 0.25) is 0 Å². The van der Waals surface area contributed by atoms with Crippen molar-refractivity contribution in [2.45, 2.75) is 69.4 Å². The maximum absolute atomic E-state index is 12.5. The maximum atomic E-state index is 12.5. The summed E-state index contributed by atoms with van der Waals surface area (Å²) >= 11 is 0. The Bertz CT molecular complexity index is 412. The zero-order valence-corrected chi connectivity index (χ0v) is 12.8. The first kappa shape index (κ1) is 14.8. The Labute approximate surface area is 126 Å². The highest BCUT2D eigenvalue weighted by atomic mass is 16.2. The van der Waals surface area contributed by atoms with Gasteiger partial charge in [-0.15, -0.1) is 0 Å². The molecule has 0 aromatic carbocycles. The van der Waals surface area contributed by atoms with Gasteiger partial charge in [0.15, 0.2) is 0 Å². The predicted molar refractivity (Wildman–Crippen MR) is 80.5 cm³/mol. The van der Waals surface area contributed by atoms with Gasteiger partial charge in [0.05, 0.1) is 11.5 Å². The molecule has 2 aliphatic carbocycles. The molecule has 0 spiro atoms. The molecule has 1 saturated heterocycles. The van der Waals surface area contributed by atoms with Gasteiger partial charge in [-0.05, 0) is 25.7 Å². The second-order valence-corrected chi connectivity index (χ2v) is 7.07. The van der Waals surface area contributed by atoms with Crippen molar-refractivity contribution in [3.63, 3.8) is 0 Å². The fourth-order valence-corrected chi connectivity index (χ4v) is 4.27. The van der Waals surface area contributed by atoms with Crippen molar-refractivity contribution in [1.29, 1.82) is 0 Å². The van der Waals surface area contributed by atoms with Gasteiger partial charge in [0.1, 0.15) is 0 Å². The molecule has 0 aromatic rings. The van der Waals surface area contributed by atoms with Gasteiger partial charge in [0.25, 0.3) is 0 Å². The third-order valence-electron chi connectivity index (χ3n) is 5.63. The van der Waals surface area contributed by atoms with E-state index in [1.54, 1.807) is 0 Å². The van der Waals surface area contributed by atoms with Crippen LogP contribution >= 0.6 is 0 Å². The molecule has 1 unspecified atom stereocenters. The van der Waals surface area contributed by atoms with Crippen molar-refractivity contribution in [2.24, 2.45) is 11.7 Å². The summed E-state index contributed by atoms with van der Waals surface area (Å²) in [6, 6.07) is 0.380. The molecular formula is C16H27N3O2. The number of likely N-dealkylation sites (tertiary alicyclic amines) is 1. The summed E-state index contributed by atoms with van der Waals surface area (Å²) in [6.45, 7) is 1.11. The molecule has 1 heterocycles. The van der Waals surface area contributed by atoms with Gasteiger partial charge in [0, 0.05) is 25.6 Å². The minimum atomic E-state index is -0.207. The number of carbonyl (C=O) groups is 2. The third kappa shape index (κ3) is 2.93. The molecule has 0 aromatic heterocycles. The Kier molecular flexibility index (Phi) is 4.20. The van der Waals surface area contributed by atoms with Gasteiger partial charge in [-0.3, -0.25) is 9.59 Å². The quantitative estimate of drug-likeness (QED) is 0.817.